The molecule has 0 bridgehead atoms. The Morgan fingerprint density at radius 2 is 1.71 bits per heavy atom. The number of carboxylic acids is 1. The maximum atomic E-state index is 11.7. The summed E-state index contributed by atoms with van der Waals surface area (Å²) < 4.78 is 5.15. The molecule has 1 aromatic rings. The maximum absolute atomic E-state index is 11.7. The van der Waals surface area contributed by atoms with Crippen LogP contribution in [0.2, 0.25) is 0 Å². The fourth-order valence-corrected chi connectivity index (χ4v) is 2.10. The van der Waals surface area contributed by atoms with Crippen molar-refractivity contribution in [3.8, 4) is 5.75 Å². The number of aromatic carboxylic acids is 1. The fourth-order valence-electron chi connectivity index (χ4n) is 2.10. The molecule has 4 nitrogen and oxygen atoms in total. The quantitative estimate of drug-likeness (QED) is 0.393. The van der Waals surface area contributed by atoms with Gasteiger partial charge in [-0.15, -0.1) is 0 Å². The number of esters is 1. The minimum atomic E-state index is -1.03. The number of carboxylic acid groups (broad SMARTS) is 1. The predicted octanol–water partition coefficient (Wildman–Crippen LogP) is 4.43. The maximum Gasteiger partial charge on any atom is 0.335 e. The van der Waals surface area contributed by atoms with Gasteiger partial charge in [0.2, 0.25) is 0 Å². The van der Waals surface area contributed by atoms with Crippen molar-refractivity contribution in [2.24, 2.45) is 0 Å². The molecule has 0 unspecified atom stereocenters. The highest BCUT2D eigenvalue weighted by molar-refractivity contribution is 5.88. The number of ether oxygens (including phenoxy) is 1. The number of unbranched alkanes of at least 4 members (excludes halogenated alkanes) is 6. The number of hydrogen-bond donors (Lipinski definition) is 1. The average molecular weight is 292 g/mol. The average Bonchev–Trinajstić information content (AvgIpc) is 2.46. The standard InChI is InChI=1S/C17H24O4/c1-2-3-4-5-6-7-8-12-16(18)21-15-11-9-10-14(13-15)17(19)20/h9-11,13H,2-8,12H2,1H3,(H,19,20). The number of benzene rings is 1. The molecule has 21 heavy (non-hydrogen) atoms. The Morgan fingerprint density at radius 1 is 1.05 bits per heavy atom. The third-order valence-electron chi connectivity index (χ3n) is 3.30. The third-order valence-corrected chi connectivity index (χ3v) is 3.30. The third kappa shape index (κ3) is 7.49. The van der Waals surface area contributed by atoms with Crippen molar-refractivity contribution in [2.75, 3.05) is 0 Å². The van der Waals surface area contributed by atoms with Crippen LogP contribution in [-0.4, -0.2) is 17.0 Å². The van der Waals surface area contributed by atoms with Gasteiger partial charge in [0.1, 0.15) is 5.75 Å². The van der Waals surface area contributed by atoms with Crippen molar-refractivity contribution in [1.29, 1.82) is 0 Å². The van der Waals surface area contributed by atoms with Gasteiger partial charge in [-0.3, -0.25) is 4.79 Å². The Balaban J connectivity index is 2.21. The summed E-state index contributed by atoms with van der Waals surface area (Å²) in [5.74, 6) is -1.03. The van der Waals surface area contributed by atoms with Crippen molar-refractivity contribution in [3.63, 3.8) is 0 Å². The van der Waals surface area contributed by atoms with Crippen LogP contribution < -0.4 is 4.74 Å². The highest BCUT2D eigenvalue weighted by Crippen LogP contribution is 2.15. The molecule has 0 aliphatic rings. The van der Waals surface area contributed by atoms with E-state index >= 15 is 0 Å². The summed E-state index contributed by atoms with van der Waals surface area (Å²) in [7, 11) is 0. The lowest BCUT2D eigenvalue weighted by molar-refractivity contribution is -0.134. The van der Waals surface area contributed by atoms with Crippen LogP contribution >= 0.6 is 0 Å². The van der Waals surface area contributed by atoms with Gasteiger partial charge >= 0.3 is 11.9 Å². The molecule has 0 atom stereocenters. The Bertz CT molecular complexity index is 454. The van der Waals surface area contributed by atoms with E-state index in [-0.39, 0.29) is 11.5 Å². The Morgan fingerprint density at radius 3 is 2.38 bits per heavy atom. The number of carbonyl (C=O) groups excluding carboxylic acids is 1. The summed E-state index contributed by atoms with van der Waals surface area (Å²) in [6, 6.07) is 6.00. The number of carbonyl (C=O) groups is 2. The zero-order valence-corrected chi connectivity index (χ0v) is 12.6. The lowest BCUT2D eigenvalue weighted by Gasteiger charge is -2.05. The molecule has 1 N–H and O–H groups in total. The summed E-state index contributed by atoms with van der Waals surface area (Å²) in [4.78, 5) is 22.5. The normalized spacial score (nSPS) is 10.3. The summed E-state index contributed by atoms with van der Waals surface area (Å²) in [5, 5.41) is 8.86. The summed E-state index contributed by atoms with van der Waals surface area (Å²) in [5.41, 5.74) is 0.122. The van der Waals surface area contributed by atoms with Gasteiger partial charge in [0, 0.05) is 6.42 Å². The highest BCUT2D eigenvalue weighted by atomic mass is 16.5. The molecule has 0 amide bonds. The monoisotopic (exact) mass is 292 g/mol. The van der Waals surface area contributed by atoms with Gasteiger partial charge in [0.05, 0.1) is 5.56 Å². The largest absolute Gasteiger partial charge is 0.478 e. The van der Waals surface area contributed by atoms with Crippen LogP contribution in [-0.2, 0) is 4.79 Å². The first-order chi connectivity index (χ1) is 10.1. The summed E-state index contributed by atoms with van der Waals surface area (Å²) in [6.07, 6.45) is 8.40. The first-order valence-corrected chi connectivity index (χ1v) is 7.67. The predicted molar refractivity (Wildman–Crippen MR) is 81.6 cm³/mol. The van der Waals surface area contributed by atoms with Crippen molar-refractivity contribution in [3.05, 3.63) is 29.8 Å². The first-order valence-electron chi connectivity index (χ1n) is 7.67. The lowest BCUT2D eigenvalue weighted by atomic mass is 10.1. The van der Waals surface area contributed by atoms with E-state index in [9.17, 15) is 9.59 Å². The fraction of sp³-hybridized carbons (Fsp3) is 0.529. The van der Waals surface area contributed by atoms with Gasteiger partial charge in [-0.25, -0.2) is 4.79 Å². The molecule has 0 aromatic heterocycles. The van der Waals surface area contributed by atoms with Crippen LogP contribution in [0.4, 0.5) is 0 Å². The van der Waals surface area contributed by atoms with E-state index in [0.717, 1.165) is 19.3 Å². The summed E-state index contributed by atoms with van der Waals surface area (Å²) >= 11 is 0. The minimum absolute atomic E-state index is 0.122. The molecular formula is C17H24O4. The van der Waals surface area contributed by atoms with Crippen molar-refractivity contribution >= 4 is 11.9 Å². The van der Waals surface area contributed by atoms with Crippen LogP contribution in [0.25, 0.3) is 0 Å². The van der Waals surface area contributed by atoms with Crippen molar-refractivity contribution in [2.45, 2.75) is 58.3 Å². The van der Waals surface area contributed by atoms with E-state index < -0.39 is 5.97 Å². The second-order valence-electron chi connectivity index (χ2n) is 5.18. The molecule has 1 aromatic carbocycles. The molecule has 0 saturated carbocycles. The van der Waals surface area contributed by atoms with Gasteiger partial charge in [0.25, 0.3) is 0 Å². The number of rotatable bonds is 10. The molecule has 0 spiro atoms. The van der Waals surface area contributed by atoms with E-state index in [2.05, 4.69) is 6.92 Å². The molecule has 0 radical (unpaired) electrons. The van der Waals surface area contributed by atoms with Crippen molar-refractivity contribution in [1.82, 2.24) is 0 Å². The topological polar surface area (TPSA) is 63.6 Å². The molecule has 1 rings (SSSR count). The van der Waals surface area contributed by atoms with E-state index in [1.165, 1.54) is 37.8 Å². The minimum Gasteiger partial charge on any atom is -0.478 e. The van der Waals surface area contributed by atoms with E-state index in [0.29, 0.717) is 12.2 Å². The molecular weight excluding hydrogens is 268 g/mol. The second kappa shape index (κ2) is 9.97. The zero-order chi connectivity index (χ0) is 15.5. The molecule has 0 heterocycles. The molecule has 116 valence electrons. The molecule has 0 fully saturated rings. The molecule has 0 aliphatic heterocycles. The second-order valence-corrected chi connectivity index (χ2v) is 5.18. The Hall–Kier alpha value is -1.84. The van der Waals surface area contributed by atoms with E-state index in [4.69, 9.17) is 9.84 Å². The van der Waals surface area contributed by atoms with Crippen LogP contribution in [0, 0.1) is 0 Å². The SMILES string of the molecule is CCCCCCCCCC(=O)Oc1cccc(C(=O)O)c1. The number of hydrogen-bond acceptors (Lipinski definition) is 3. The summed E-state index contributed by atoms with van der Waals surface area (Å²) in [6.45, 7) is 2.19. The van der Waals surface area contributed by atoms with Gasteiger partial charge in [0.15, 0.2) is 0 Å². The van der Waals surface area contributed by atoms with Gasteiger partial charge in [-0.2, -0.15) is 0 Å². The molecule has 4 heteroatoms. The Labute approximate surface area is 126 Å². The van der Waals surface area contributed by atoms with Crippen LogP contribution in [0.5, 0.6) is 5.75 Å². The van der Waals surface area contributed by atoms with Gasteiger partial charge < -0.3 is 9.84 Å². The first kappa shape index (κ1) is 17.2. The highest BCUT2D eigenvalue weighted by Gasteiger charge is 2.08. The lowest BCUT2D eigenvalue weighted by Crippen LogP contribution is -2.08. The van der Waals surface area contributed by atoms with Crippen LogP contribution in [0.3, 0.4) is 0 Å². The van der Waals surface area contributed by atoms with Crippen molar-refractivity contribution < 1.29 is 19.4 Å². The van der Waals surface area contributed by atoms with E-state index in [1.54, 1.807) is 12.1 Å². The molecule has 0 aliphatic carbocycles. The van der Waals surface area contributed by atoms with E-state index in [1.807, 2.05) is 0 Å². The zero-order valence-electron chi connectivity index (χ0n) is 12.6. The van der Waals surface area contributed by atoms with Crippen LogP contribution in [0.15, 0.2) is 24.3 Å². The van der Waals surface area contributed by atoms with Gasteiger partial charge in [-0.05, 0) is 24.6 Å². The van der Waals surface area contributed by atoms with Crippen LogP contribution in [0.1, 0.15) is 68.6 Å². The van der Waals surface area contributed by atoms with Gasteiger partial charge in [-0.1, -0.05) is 51.5 Å². The smallest absolute Gasteiger partial charge is 0.335 e. The Kier molecular flexibility index (Phi) is 8.17. The molecule has 0 saturated heterocycles.